The average molecular weight is 413 g/mol. The number of aromatic nitrogens is 2. The lowest BCUT2D eigenvalue weighted by atomic mass is 9.99. The third-order valence-corrected chi connectivity index (χ3v) is 5.75. The minimum atomic E-state index is -0.338. The monoisotopic (exact) mass is 412 g/mol. The molecule has 1 aliphatic heterocycles. The van der Waals surface area contributed by atoms with Gasteiger partial charge in [-0.3, -0.25) is 4.79 Å². The minimum Gasteiger partial charge on any atom is -0.398 e. The number of rotatable bonds is 2. The van der Waals surface area contributed by atoms with E-state index in [1.165, 1.54) is 6.07 Å². The van der Waals surface area contributed by atoms with Gasteiger partial charge in [-0.25, -0.2) is 9.07 Å². The Hall–Kier alpha value is -2.86. The number of carbonyl (C=O) groups excluding carboxylic acids is 1. The molecule has 2 heterocycles. The van der Waals surface area contributed by atoms with Gasteiger partial charge in [0, 0.05) is 29.2 Å². The van der Waals surface area contributed by atoms with Crippen molar-refractivity contribution in [1.82, 2.24) is 9.78 Å². The zero-order valence-electron chi connectivity index (χ0n) is 15.9. The summed E-state index contributed by atoms with van der Waals surface area (Å²) in [4.78, 5) is 15.3. The molecular weight excluding hydrogens is 391 g/mol. The molecule has 0 unspecified atom stereocenters. The molecule has 7 heteroatoms. The van der Waals surface area contributed by atoms with Gasteiger partial charge >= 0.3 is 0 Å². The van der Waals surface area contributed by atoms with E-state index in [-0.39, 0.29) is 24.1 Å². The largest absolute Gasteiger partial charge is 0.398 e. The van der Waals surface area contributed by atoms with E-state index in [9.17, 15) is 9.18 Å². The summed E-state index contributed by atoms with van der Waals surface area (Å²) in [5, 5.41) is 4.59. The first-order chi connectivity index (χ1) is 13.6. The van der Waals surface area contributed by atoms with Gasteiger partial charge in [0.1, 0.15) is 11.5 Å². The Balaban J connectivity index is 0.00000205. The average Bonchev–Trinajstić information content (AvgIpc) is 3.31. The SMILES string of the molecule is Cl.Nc1cccc2c1CCCN2C(=O)c1nn(-c2ccccc2F)c2c1CCC2. The van der Waals surface area contributed by atoms with Gasteiger partial charge < -0.3 is 10.6 Å². The number of nitrogens with zero attached hydrogens (tertiary/aromatic N) is 3. The van der Waals surface area contributed by atoms with Crippen LogP contribution in [0.5, 0.6) is 0 Å². The van der Waals surface area contributed by atoms with Crippen molar-refractivity contribution in [2.24, 2.45) is 0 Å². The van der Waals surface area contributed by atoms with Crippen LogP contribution in [-0.2, 0) is 19.3 Å². The van der Waals surface area contributed by atoms with Gasteiger partial charge in [-0.05, 0) is 61.9 Å². The number of fused-ring (bicyclic) bond motifs is 2. The van der Waals surface area contributed by atoms with Crippen LogP contribution >= 0.6 is 12.4 Å². The Morgan fingerprint density at radius 2 is 1.72 bits per heavy atom. The molecular formula is C22H22ClFN4O. The lowest BCUT2D eigenvalue weighted by molar-refractivity contribution is 0.0979. The van der Waals surface area contributed by atoms with E-state index in [0.717, 1.165) is 60.3 Å². The molecule has 150 valence electrons. The Bertz CT molecular complexity index is 1090. The van der Waals surface area contributed by atoms with E-state index in [0.29, 0.717) is 17.9 Å². The topological polar surface area (TPSA) is 64.2 Å². The van der Waals surface area contributed by atoms with Crippen molar-refractivity contribution in [1.29, 1.82) is 0 Å². The molecule has 5 nitrogen and oxygen atoms in total. The number of nitrogen functional groups attached to an aromatic ring is 1. The number of hydrogen-bond donors (Lipinski definition) is 1. The van der Waals surface area contributed by atoms with Crippen LogP contribution in [-0.4, -0.2) is 22.2 Å². The summed E-state index contributed by atoms with van der Waals surface area (Å²) in [5.41, 5.74) is 11.5. The number of halogens is 2. The summed E-state index contributed by atoms with van der Waals surface area (Å²) in [6.45, 7) is 0.636. The molecule has 0 radical (unpaired) electrons. The number of carbonyl (C=O) groups is 1. The Morgan fingerprint density at radius 3 is 2.55 bits per heavy atom. The molecule has 3 aromatic rings. The molecule has 0 bridgehead atoms. The second-order valence-corrected chi connectivity index (χ2v) is 7.40. The van der Waals surface area contributed by atoms with Crippen molar-refractivity contribution >= 4 is 29.7 Å². The first-order valence-corrected chi connectivity index (χ1v) is 9.70. The smallest absolute Gasteiger partial charge is 0.279 e. The molecule has 2 aromatic carbocycles. The maximum atomic E-state index is 14.4. The fourth-order valence-electron chi connectivity index (χ4n) is 4.42. The van der Waals surface area contributed by atoms with Crippen molar-refractivity contribution in [2.45, 2.75) is 32.1 Å². The van der Waals surface area contributed by atoms with Crippen LogP contribution in [0.15, 0.2) is 42.5 Å². The standard InChI is InChI=1S/C22H21FN4O.ClH/c23-16-8-1-2-10-20(16)27-19-12-3-6-15(19)21(25-27)22(28)26-13-5-7-14-17(24)9-4-11-18(14)26;/h1-2,4,8-11H,3,5-7,12-13,24H2;1H. The van der Waals surface area contributed by atoms with Gasteiger partial charge in [0.2, 0.25) is 0 Å². The van der Waals surface area contributed by atoms with E-state index in [1.54, 1.807) is 27.8 Å². The Kier molecular flexibility index (Phi) is 5.04. The quantitative estimate of drug-likeness (QED) is 0.644. The van der Waals surface area contributed by atoms with Crippen LogP contribution in [0.25, 0.3) is 5.69 Å². The lowest BCUT2D eigenvalue weighted by Crippen LogP contribution is -2.36. The number of hydrogen-bond acceptors (Lipinski definition) is 3. The maximum Gasteiger partial charge on any atom is 0.279 e. The van der Waals surface area contributed by atoms with Crippen LogP contribution in [0.4, 0.5) is 15.8 Å². The Labute approximate surface area is 174 Å². The highest BCUT2D eigenvalue weighted by Gasteiger charge is 2.32. The molecule has 1 amide bonds. The number of para-hydroxylation sites is 1. The highest BCUT2D eigenvalue weighted by Crippen LogP contribution is 2.34. The lowest BCUT2D eigenvalue weighted by Gasteiger charge is -2.30. The minimum absolute atomic E-state index is 0. The second-order valence-electron chi connectivity index (χ2n) is 7.40. The maximum absolute atomic E-state index is 14.4. The van der Waals surface area contributed by atoms with Crippen molar-refractivity contribution in [3.05, 3.63) is 70.8 Å². The van der Waals surface area contributed by atoms with Crippen molar-refractivity contribution in [2.75, 3.05) is 17.2 Å². The molecule has 0 atom stereocenters. The van der Waals surface area contributed by atoms with Crippen LogP contribution in [0, 0.1) is 5.82 Å². The predicted molar refractivity (Wildman–Crippen MR) is 114 cm³/mol. The summed E-state index contributed by atoms with van der Waals surface area (Å²) < 4.78 is 16.0. The highest BCUT2D eigenvalue weighted by molar-refractivity contribution is 6.07. The van der Waals surface area contributed by atoms with E-state index in [4.69, 9.17) is 5.73 Å². The normalized spacial score (nSPS) is 14.9. The number of amides is 1. The van der Waals surface area contributed by atoms with Crippen LogP contribution in [0.3, 0.4) is 0 Å². The van der Waals surface area contributed by atoms with Crippen LogP contribution in [0.2, 0.25) is 0 Å². The fourth-order valence-corrected chi connectivity index (χ4v) is 4.42. The first-order valence-electron chi connectivity index (χ1n) is 9.70. The number of nitrogens with two attached hydrogens (primary N) is 1. The van der Waals surface area contributed by atoms with Crippen LogP contribution < -0.4 is 10.6 Å². The van der Waals surface area contributed by atoms with E-state index in [1.807, 2.05) is 18.2 Å². The molecule has 2 N–H and O–H groups in total. The summed E-state index contributed by atoms with van der Waals surface area (Å²) in [6, 6.07) is 12.3. The fraction of sp³-hybridized carbons (Fsp3) is 0.273. The van der Waals surface area contributed by atoms with Gasteiger partial charge in [-0.15, -0.1) is 12.4 Å². The predicted octanol–water partition coefficient (Wildman–Crippen LogP) is 4.10. The van der Waals surface area contributed by atoms with Gasteiger partial charge in [0.25, 0.3) is 5.91 Å². The van der Waals surface area contributed by atoms with Crippen molar-refractivity contribution in [3.63, 3.8) is 0 Å². The molecule has 5 rings (SSSR count). The summed E-state index contributed by atoms with van der Waals surface area (Å²) in [7, 11) is 0. The molecule has 1 aliphatic carbocycles. The van der Waals surface area contributed by atoms with E-state index < -0.39 is 0 Å². The third-order valence-electron chi connectivity index (χ3n) is 5.75. The van der Waals surface area contributed by atoms with Gasteiger partial charge in [0.15, 0.2) is 5.69 Å². The second kappa shape index (κ2) is 7.52. The molecule has 29 heavy (non-hydrogen) atoms. The van der Waals surface area contributed by atoms with Gasteiger partial charge in [-0.2, -0.15) is 5.10 Å². The zero-order valence-corrected chi connectivity index (χ0v) is 16.7. The van der Waals surface area contributed by atoms with E-state index >= 15 is 0 Å². The third kappa shape index (κ3) is 3.08. The molecule has 0 spiro atoms. The number of anilines is 2. The van der Waals surface area contributed by atoms with Crippen molar-refractivity contribution < 1.29 is 9.18 Å². The van der Waals surface area contributed by atoms with Crippen LogP contribution in [0.1, 0.15) is 40.2 Å². The molecule has 0 fully saturated rings. The molecule has 2 aliphatic rings. The van der Waals surface area contributed by atoms with Gasteiger partial charge in [0.05, 0.1) is 0 Å². The van der Waals surface area contributed by atoms with Gasteiger partial charge in [-0.1, -0.05) is 18.2 Å². The van der Waals surface area contributed by atoms with E-state index in [2.05, 4.69) is 5.10 Å². The molecule has 0 saturated heterocycles. The molecule has 0 saturated carbocycles. The highest BCUT2D eigenvalue weighted by atomic mass is 35.5. The summed E-state index contributed by atoms with van der Waals surface area (Å²) in [5.74, 6) is -0.463. The zero-order chi connectivity index (χ0) is 19.3. The summed E-state index contributed by atoms with van der Waals surface area (Å²) >= 11 is 0. The summed E-state index contributed by atoms with van der Waals surface area (Å²) in [6.07, 6.45) is 4.28. The first kappa shape index (κ1) is 19.5. The Morgan fingerprint density at radius 1 is 0.966 bits per heavy atom. The van der Waals surface area contributed by atoms with Crippen molar-refractivity contribution in [3.8, 4) is 5.69 Å². The number of benzene rings is 2. The molecule has 1 aromatic heterocycles.